The molecule has 4 rings (SSSR count). The Hall–Kier alpha value is -2.99. The van der Waals surface area contributed by atoms with Crippen LogP contribution in [0.5, 0.6) is 0 Å². The number of Topliss-reactive ketones (excluding diaryl/α,β-unsaturated/α-hetero) is 1. The van der Waals surface area contributed by atoms with Crippen LogP contribution in [0, 0.1) is 10.8 Å². The van der Waals surface area contributed by atoms with E-state index in [-0.39, 0.29) is 35.0 Å². The summed E-state index contributed by atoms with van der Waals surface area (Å²) in [6.45, 7) is 2.05. The van der Waals surface area contributed by atoms with E-state index in [1.165, 1.54) is 0 Å². The average Bonchev–Trinajstić information content (AvgIpc) is 3.19. The summed E-state index contributed by atoms with van der Waals surface area (Å²) in [5, 5.41) is 7.49. The lowest BCUT2D eigenvalue weighted by Gasteiger charge is -2.22. The van der Waals surface area contributed by atoms with Crippen molar-refractivity contribution in [1.29, 1.82) is 5.41 Å². The Kier molecular flexibility index (Phi) is 6.32. The molecule has 6 nitrogen and oxygen atoms in total. The quantitative estimate of drug-likeness (QED) is 0.357. The van der Waals surface area contributed by atoms with Crippen LogP contribution in [0.1, 0.15) is 59.8 Å². The summed E-state index contributed by atoms with van der Waals surface area (Å²) in [5.41, 5.74) is 9.06. The molecule has 2 aromatic carbocycles. The first kappa shape index (κ1) is 22.7. The van der Waals surface area contributed by atoms with Crippen molar-refractivity contribution in [2.24, 2.45) is 18.2 Å². The van der Waals surface area contributed by atoms with E-state index in [4.69, 9.17) is 11.1 Å². The zero-order valence-electron chi connectivity index (χ0n) is 17.8. The number of carbonyl (C=O) groups is 1. The van der Waals surface area contributed by atoms with Gasteiger partial charge in [0.1, 0.15) is 11.5 Å². The lowest BCUT2D eigenvalue weighted by atomic mass is 9.81. The number of nitrogens with two attached hydrogens (primary N) is 1. The van der Waals surface area contributed by atoms with Gasteiger partial charge in [0.25, 0.3) is 5.56 Å². The van der Waals surface area contributed by atoms with Gasteiger partial charge in [-0.15, -0.1) is 12.4 Å². The third kappa shape index (κ3) is 4.26. The van der Waals surface area contributed by atoms with E-state index in [0.717, 1.165) is 31.2 Å². The molecule has 0 saturated heterocycles. The topological polar surface area (TPSA) is 102 Å². The number of hydrogen-bond donors (Lipinski definition) is 2. The first-order valence-electron chi connectivity index (χ1n) is 10.3. The van der Waals surface area contributed by atoms with E-state index in [1.54, 1.807) is 23.7 Å². The van der Waals surface area contributed by atoms with Crippen LogP contribution in [-0.2, 0) is 13.5 Å². The molecule has 0 radical (unpaired) electrons. The van der Waals surface area contributed by atoms with Gasteiger partial charge >= 0.3 is 0 Å². The first-order chi connectivity index (χ1) is 14.3. The number of amidine groups is 1. The lowest BCUT2D eigenvalue weighted by molar-refractivity contribution is 0.0823. The Labute approximate surface area is 187 Å². The van der Waals surface area contributed by atoms with Crippen molar-refractivity contribution in [2.45, 2.75) is 39.0 Å². The molecule has 1 heterocycles. The number of nitrogen functional groups attached to an aromatic ring is 1. The first-order valence-corrected chi connectivity index (χ1v) is 10.3. The molecule has 3 aromatic rings. The molecule has 7 heteroatoms. The maximum Gasteiger partial charge on any atom is 0.272 e. The average molecular weight is 439 g/mol. The molecule has 0 aliphatic heterocycles. The van der Waals surface area contributed by atoms with Crippen LogP contribution < -0.4 is 11.3 Å². The molecule has 0 bridgehead atoms. The van der Waals surface area contributed by atoms with E-state index >= 15 is 0 Å². The van der Waals surface area contributed by atoms with E-state index in [0.29, 0.717) is 34.3 Å². The third-order valence-electron chi connectivity index (χ3n) is 6.30. The van der Waals surface area contributed by atoms with Crippen molar-refractivity contribution < 1.29 is 4.79 Å². The fourth-order valence-electron chi connectivity index (χ4n) is 4.38. The number of carbonyl (C=O) groups excluding carboxylic acids is 1. The second kappa shape index (κ2) is 8.63. The minimum Gasteiger partial charge on any atom is -0.384 e. The number of rotatable bonds is 5. The van der Waals surface area contributed by atoms with Crippen molar-refractivity contribution in [3.8, 4) is 0 Å². The molecule has 0 atom stereocenters. The Morgan fingerprint density at radius 1 is 1.13 bits per heavy atom. The molecule has 1 aliphatic rings. The van der Waals surface area contributed by atoms with Gasteiger partial charge in [0.15, 0.2) is 5.78 Å². The number of nitrogens with one attached hydrogen (secondary N) is 1. The van der Waals surface area contributed by atoms with Gasteiger partial charge in [-0.3, -0.25) is 15.0 Å². The van der Waals surface area contributed by atoms with Crippen LogP contribution in [0.15, 0.2) is 47.3 Å². The van der Waals surface area contributed by atoms with Gasteiger partial charge in [0.05, 0.1) is 11.0 Å². The van der Waals surface area contributed by atoms with E-state index < -0.39 is 0 Å². The summed E-state index contributed by atoms with van der Waals surface area (Å²) in [6, 6.07) is 12.7. The Balaban J connectivity index is 0.00000272. The second-order valence-electron chi connectivity index (χ2n) is 8.51. The second-order valence-corrected chi connectivity index (χ2v) is 8.51. The predicted octanol–water partition coefficient (Wildman–Crippen LogP) is 3.99. The fraction of sp³-hybridized carbons (Fsp3) is 0.333. The van der Waals surface area contributed by atoms with Crippen molar-refractivity contribution in [2.75, 3.05) is 0 Å². The molecule has 1 aliphatic carbocycles. The number of fused-ring (bicyclic) bond motifs is 1. The SMILES string of the molecule is Cl.Cn1c(=O)c(Cc2ccc(C(=N)N)cc2)nc2cc(C(=O)C3(C)CCCC3)ccc21. The van der Waals surface area contributed by atoms with Crippen molar-refractivity contribution in [3.05, 3.63) is 75.2 Å². The number of aryl methyl sites for hydroxylation is 1. The number of hydrogen-bond acceptors (Lipinski definition) is 4. The van der Waals surface area contributed by atoms with E-state index in [1.807, 2.05) is 30.3 Å². The van der Waals surface area contributed by atoms with Gasteiger partial charge in [-0.05, 0) is 36.6 Å². The molecule has 1 saturated carbocycles. The molecule has 0 amide bonds. The minimum absolute atomic E-state index is 0. The van der Waals surface area contributed by atoms with E-state index in [9.17, 15) is 9.59 Å². The lowest BCUT2D eigenvalue weighted by Crippen LogP contribution is -2.25. The zero-order valence-corrected chi connectivity index (χ0v) is 18.6. The number of halogens is 1. The van der Waals surface area contributed by atoms with Crippen LogP contribution in [0.2, 0.25) is 0 Å². The smallest absolute Gasteiger partial charge is 0.272 e. The number of nitrogens with zero attached hydrogens (tertiary/aromatic N) is 2. The molecule has 3 N–H and O–H groups in total. The summed E-state index contributed by atoms with van der Waals surface area (Å²) in [7, 11) is 1.73. The van der Waals surface area contributed by atoms with E-state index in [2.05, 4.69) is 11.9 Å². The Morgan fingerprint density at radius 2 is 1.74 bits per heavy atom. The molecule has 1 fully saturated rings. The molecular formula is C24H27ClN4O2. The maximum atomic E-state index is 13.1. The van der Waals surface area contributed by atoms with Gasteiger partial charge in [-0.1, -0.05) is 44.0 Å². The third-order valence-corrected chi connectivity index (χ3v) is 6.30. The van der Waals surface area contributed by atoms with Crippen molar-refractivity contribution in [1.82, 2.24) is 9.55 Å². The standard InChI is InChI=1S/C24H26N4O2.ClH/c1-24(11-3-4-12-24)21(29)17-9-10-20-18(14-17)27-19(23(30)28(20)2)13-15-5-7-16(8-6-15)22(25)26;/h5-10,14H,3-4,11-13H2,1-2H3,(H3,25,26);1H. The van der Waals surface area contributed by atoms with Crippen LogP contribution in [0.3, 0.4) is 0 Å². The monoisotopic (exact) mass is 438 g/mol. The van der Waals surface area contributed by atoms with Crippen LogP contribution in [0.4, 0.5) is 0 Å². The number of aromatic nitrogens is 2. The molecular weight excluding hydrogens is 412 g/mol. The highest BCUT2D eigenvalue weighted by molar-refractivity contribution is 6.02. The Bertz CT molecular complexity index is 1210. The van der Waals surface area contributed by atoms with Gasteiger partial charge in [0, 0.05) is 30.0 Å². The van der Waals surface area contributed by atoms with Gasteiger partial charge in [-0.25, -0.2) is 4.98 Å². The maximum absolute atomic E-state index is 13.1. The zero-order chi connectivity index (χ0) is 21.5. The summed E-state index contributed by atoms with van der Waals surface area (Å²) >= 11 is 0. The number of benzene rings is 2. The minimum atomic E-state index is -0.296. The molecule has 0 spiro atoms. The van der Waals surface area contributed by atoms with Gasteiger partial charge in [-0.2, -0.15) is 0 Å². The van der Waals surface area contributed by atoms with Crippen LogP contribution >= 0.6 is 12.4 Å². The van der Waals surface area contributed by atoms with Gasteiger partial charge in [0.2, 0.25) is 0 Å². The highest BCUT2D eigenvalue weighted by Crippen LogP contribution is 2.40. The summed E-state index contributed by atoms with van der Waals surface area (Å²) in [4.78, 5) is 30.6. The van der Waals surface area contributed by atoms with Crippen LogP contribution in [0.25, 0.3) is 11.0 Å². The van der Waals surface area contributed by atoms with Crippen molar-refractivity contribution >= 4 is 35.1 Å². The van der Waals surface area contributed by atoms with Crippen molar-refractivity contribution in [3.63, 3.8) is 0 Å². The largest absolute Gasteiger partial charge is 0.384 e. The molecule has 162 valence electrons. The number of ketones is 1. The Morgan fingerprint density at radius 3 is 2.35 bits per heavy atom. The van der Waals surface area contributed by atoms with Crippen LogP contribution in [-0.4, -0.2) is 21.2 Å². The summed E-state index contributed by atoms with van der Waals surface area (Å²) in [6.07, 6.45) is 4.40. The highest BCUT2D eigenvalue weighted by atomic mass is 35.5. The predicted molar refractivity (Wildman–Crippen MR) is 125 cm³/mol. The molecule has 0 unspecified atom stereocenters. The summed E-state index contributed by atoms with van der Waals surface area (Å²) in [5.74, 6) is 0.174. The summed E-state index contributed by atoms with van der Waals surface area (Å²) < 4.78 is 1.59. The highest BCUT2D eigenvalue weighted by Gasteiger charge is 2.36. The fourth-order valence-corrected chi connectivity index (χ4v) is 4.38. The molecule has 1 aromatic heterocycles. The van der Waals surface area contributed by atoms with Gasteiger partial charge < -0.3 is 10.3 Å². The normalized spacial score (nSPS) is 14.9. The molecule has 31 heavy (non-hydrogen) atoms.